The van der Waals surface area contributed by atoms with Gasteiger partial charge in [0.15, 0.2) is 0 Å². The maximum absolute atomic E-state index is 12.7. The maximum atomic E-state index is 12.7. The summed E-state index contributed by atoms with van der Waals surface area (Å²) in [6.45, 7) is 3.49. The second-order valence-electron chi connectivity index (χ2n) is 5.33. The van der Waals surface area contributed by atoms with Gasteiger partial charge in [-0.15, -0.1) is 11.3 Å². The zero-order valence-corrected chi connectivity index (χ0v) is 13.6. The summed E-state index contributed by atoms with van der Waals surface area (Å²) in [6.07, 6.45) is 2.22. The average Bonchev–Trinajstić information content (AvgIpc) is 2.99. The lowest BCUT2D eigenvalue weighted by Gasteiger charge is -2.15. The number of aromatic nitrogens is 2. The van der Waals surface area contributed by atoms with Crippen LogP contribution in [-0.4, -0.2) is 15.5 Å². The van der Waals surface area contributed by atoms with E-state index in [1.807, 2.05) is 29.6 Å². The molecule has 23 heavy (non-hydrogen) atoms. The number of benzene rings is 1. The molecule has 5 nitrogen and oxygen atoms in total. The number of fused-ring (bicyclic) bond motifs is 1. The van der Waals surface area contributed by atoms with Crippen LogP contribution in [0.15, 0.2) is 40.8 Å². The van der Waals surface area contributed by atoms with Gasteiger partial charge in [0, 0.05) is 10.9 Å². The fraction of sp³-hybridized carbons (Fsp3) is 0.235. The summed E-state index contributed by atoms with van der Waals surface area (Å²) in [5.41, 5.74) is 2.56. The summed E-state index contributed by atoms with van der Waals surface area (Å²) in [4.78, 5) is 28.6. The summed E-state index contributed by atoms with van der Waals surface area (Å²) in [5, 5.41) is 13.4. The Hall–Kier alpha value is -2.47. The van der Waals surface area contributed by atoms with Crippen LogP contribution in [0.1, 0.15) is 25.5 Å². The van der Waals surface area contributed by atoms with Gasteiger partial charge in [0.05, 0.1) is 23.7 Å². The fourth-order valence-electron chi connectivity index (χ4n) is 2.47. The Kier molecular flexibility index (Phi) is 4.00. The number of thiophene rings is 1. The van der Waals surface area contributed by atoms with Crippen molar-refractivity contribution in [3.8, 4) is 11.1 Å². The Morgan fingerprint density at radius 1 is 1.35 bits per heavy atom. The molecule has 0 fully saturated rings. The topological polar surface area (TPSA) is 75.0 Å². The maximum Gasteiger partial charge on any atom is 0.263 e. The zero-order valence-electron chi connectivity index (χ0n) is 12.8. The van der Waals surface area contributed by atoms with Crippen molar-refractivity contribution in [1.82, 2.24) is 9.55 Å². The Morgan fingerprint density at radius 2 is 2.04 bits per heavy atom. The lowest BCUT2D eigenvalue weighted by molar-refractivity contribution is -0.309. The summed E-state index contributed by atoms with van der Waals surface area (Å²) >= 11 is 1.37. The van der Waals surface area contributed by atoms with Crippen LogP contribution >= 0.6 is 11.3 Å². The third-order valence-electron chi connectivity index (χ3n) is 3.95. The van der Waals surface area contributed by atoms with Gasteiger partial charge in [-0.2, -0.15) is 0 Å². The van der Waals surface area contributed by atoms with Gasteiger partial charge in [-0.3, -0.25) is 9.36 Å². The molecule has 0 spiro atoms. The second-order valence-corrected chi connectivity index (χ2v) is 6.19. The summed E-state index contributed by atoms with van der Waals surface area (Å²) in [6, 6.07) is 6.93. The van der Waals surface area contributed by atoms with Crippen molar-refractivity contribution >= 4 is 27.5 Å². The Balaban J connectivity index is 2.20. The van der Waals surface area contributed by atoms with E-state index in [0.717, 1.165) is 22.1 Å². The van der Waals surface area contributed by atoms with Crippen molar-refractivity contribution in [2.45, 2.75) is 26.3 Å². The first kappa shape index (κ1) is 15.4. The van der Waals surface area contributed by atoms with E-state index in [1.165, 1.54) is 30.2 Å². The predicted octanol–water partition coefficient (Wildman–Crippen LogP) is 2.00. The van der Waals surface area contributed by atoms with E-state index in [4.69, 9.17) is 0 Å². The minimum Gasteiger partial charge on any atom is -0.548 e. The van der Waals surface area contributed by atoms with E-state index in [0.29, 0.717) is 10.2 Å². The smallest absolute Gasteiger partial charge is 0.263 e. The number of carboxylic acid groups (broad SMARTS) is 1. The van der Waals surface area contributed by atoms with Gasteiger partial charge in [-0.1, -0.05) is 31.2 Å². The molecule has 2 aromatic heterocycles. The molecule has 1 atom stereocenters. The second kappa shape index (κ2) is 5.96. The van der Waals surface area contributed by atoms with Crippen molar-refractivity contribution in [3.63, 3.8) is 0 Å². The van der Waals surface area contributed by atoms with E-state index >= 15 is 0 Å². The third kappa shape index (κ3) is 2.66. The van der Waals surface area contributed by atoms with E-state index in [2.05, 4.69) is 11.9 Å². The molecule has 118 valence electrons. The van der Waals surface area contributed by atoms with Crippen LogP contribution in [0.4, 0.5) is 0 Å². The first-order chi connectivity index (χ1) is 11.0. The Bertz CT molecular complexity index is 925. The van der Waals surface area contributed by atoms with Crippen molar-refractivity contribution in [1.29, 1.82) is 0 Å². The Morgan fingerprint density at radius 3 is 2.65 bits per heavy atom. The van der Waals surface area contributed by atoms with Crippen LogP contribution in [0.2, 0.25) is 0 Å². The molecule has 0 radical (unpaired) electrons. The molecular formula is C17H15N2O3S-. The molecule has 3 aromatic rings. The highest BCUT2D eigenvalue weighted by molar-refractivity contribution is 7.17. The normalized spacial score (nSPS) is 12.4. The van der Waals surface area contributed by atoms with E-state index < -0.39 is 12.0 Å². The summed E-state index contributed by atoms with van der Waals surface area (Å²) < 4.78 is 1.11. The number of nitrogens with zero attached hydrogens (tertiary/aromatic N) is 2. The van der Waals surface area contributed by atoms with E-state index in [9.17, 15) is 14.7 Å². The van der Waals surface area contributed by atoms with Crippen molar-refractivity contribution in [2.24, 2.45) is 0 Å². The van der Waals surface area contributed by atoms with Gasteiger partial charge >= 0.3 is 0 Å². The zero-order chi connectivity index (χ0) is 16.6. The molecule has 0 bridgehead atoms. The third-order valence-corrected chi connectivity index (χ3v) is 4.84. The van der Waals surface area contributed by atoms with Crippen molar-refractivity contribution < 1.29 is 9.90 Å². The molecule has 6 heteroatoms. The SMILES string of the molecule is CCc1ccc(-c2csc3ncn([C@H](C)C(=O)[O-])c(=O)c23)cc1. The molecule has 0 saturated heterocycles. The molecule has 0 aliphatic heterocycles. The largest absolute Gasteiger partial charge is 0.548 e. The summed E-state index contributed by atoms with van der Waals surface area (Å²) in [7, 11) is 0. The first-order valence-electron chi connectivity index (χ1n) is 7.31. The highest BCUT2D eigenvalue weighted by atomic mass is 32.1. The number of rotatable bonds is 4. The quantitative estimate of drug-likeness (QED) is 0.734. The molecule has 0 aliphatic carbocycles. The lowest BCUT2D eigenvalue weighted by atomic mass is 10.0. The molecule has 0 amide bonds. The number of hydrogen-bond donors (Lipinski definition) is 0. The van der Waals surface area contributed by atoms with Crippen LogP contribution in [0.3, 0.4) is 0 Å². The molecule has 0 aliphatic rings. The van der Waals surface area contributed by atoms with Gasteiger partial charge in [0.25, 0.3) is 5.56 Å². The van der Waals surface area contributed by atoms with Gasteiger partial charge in [0.2, 0.25) is 0 Å². The number of carbonyl (C=O) groups excluding carboxylic acids is 1. The van der Waals surface area contributed by atoms with Crippen LogP contribution in [0, 0.1) is 0 Å². The van der Waals surface area contributed by atoms with Gasteiger partial charge in [-0.25, -0.2) is 4.98 Å². The van der Waals surface area contributed by atoms with Crippen LogP contribution in [0.25, 0.3) is 21.3 Å². The fourth-order valence-corrected chi connectivity index (χ4v) is 3.37. The highest BCUT2D eigenvalue weighted by Crippen LogP contribution is 2.31. The monoisotopic (exact) mass is 327 g/mol. The summed E-state index contributed by atoms with van der Waals surface area (Å²) in [5.74, 6) is -1.31. The molecule has 0 N–H and O–H groups in total. The number of aryl methyl sites for hydroxylation is 1. The number of carboxylic acids is 1. The van der Waals surface area contributed by atoms with E-state index in [-0.39, 0.29) is 5.56 Å². The van der Waals surface area contributed by atoms with Crippen LogP contribution in [0.5, 0.6) is 0 Å². The molecule has 2 heterocycles. The molecule has 1 aromatic carbocycles. The minimum absolute atomic E-state index is 0.359. The predicted molar refractivity (Wildman–Crippen MR) is 88.4 cm³/mol. The lowest BCUT2D eigenvalue weighted by Crippen LogP contribution is -2.36. The number of aliphatic carboxylic acids is 1. The number of carbonyl (C=O) groups is 1. The molecule has 3 rings (SSSR count). The molecule has 0 saturated carbocycles. The van der Waals surface area contributed by atoms with Gasteiger partial charge < -0.3 is 9.90 Å². The van der Waals surface area contributed by atoms with Gasteiger partial charge in [-0.05, 0) is 24.5 Å². The van der Waals surface area contributed by atoms with Crippen LogP contribution in [-0.2, 0) is 11.2 Å². The molecule has 0 unspecified atom stereocenters. The van der Waals surface area contributed by atoms with Gasteiger partial charge in [0.1, 0.15) is 4.83 Å². The highest BCUT2D eigenvalue weighted by Gasteiger charge is 2.16. The number of hydrogen-bond acceptors (Lipinski definition) is 5. The standard InChI is InChI=1S/C17H16N2O3S/c1-3-11-4-6-12(7-5-11)13-8-23-15-14(13)16(20)19(9-18-15)10(2)17(21)22/h4-10H,3H2,1-2H3,(H,21,22)/p-1/t10-/m1/s1. The molecular weight excluding hydrogens is 312 g/mol. The van der Waals surface area contributed by atoms with E-state index in [1.54, 1.807) is 0 Å². The first-order valence-corrected chi connectivity index (χ1v) is 8.19. The minimum atomic E-state index is -1.31. The average molecular weight is 327 g/mol. The van der Waals surface area contributed by atoms with Crippen LogP contribution < -0.4 is 10.7 Å². The van der Waals surface area contributed by atoms with Crippen molar-refractivity contribution in [2.75, 3.05) is 0 Å². The van der Waals surface area contributed by atoms with Crippen molar-refractivity contribution in [3.05, 3.63) is 51.9 Å². The Labute approximate surface area is 136 Å².